The maximum Gasteiger partial charge on any atom is 0.519 e. The van der Waals surface area contributed by atoms with Gasteiger partial charge in [0, 0.05) is 17.9 Å². The lowest BCUT2D eigenvalue weighted by atomic mass is 9.78. The molecule has 0 amide bonds. The molecule has 1 heterocycles. The van der Waals surface area contributed by atoms with Gasteiger partial charge < -0.3 is 23.5 Å². The number of hydrogen-bond donors (Lipinski definition) is 0. The number of fused-ring (bicyclic) bond motifs is 3. The van der Waals surface area contributed by atoms with Crippen LogP contribution in [0.4, 0.5) is 4.79 Å². The first kappa shape index (κ1) is 36.3. The molecule has 1 aliphatic heterocycles. The maximum absolute atomic E-state index is 15.7. The van der Waals surface area contributed by atoms with Crippen molar-refractivity contribution in [3.63, 3.8) is 0 Å². The summed E-state index contributed by atoms with van der Waals surface area (Å²) < 4.78 is 44.1. The molecule has 2 unspecified atom stereocenters. The Kier molecular flexibility index (Phi) is 9.65. The molecule has 7 rings (SSSR count). The minimum Gasteiger partial charge on any atom is -0.497 e. The van der Waals surface area contributed by atoms with Crippen molar-refractivity contribution in [2.45, 2.75) is 38.3 Å². The Balaban J connectivity index is 1.16. The van der Waals surface area contributed by atoms with Crippen molar-refractivity contribution < 1.29 is 37.6 Å². The molecule has 6 aromatic carbocycles. The summed E-state index contributed by atoms with van der Waals surface area (Å²) in [6.07, 6.45) is -0.900. The second-order valence-corrected chi connectivity index (χ2v) is 16.4. The van der Waals surface area contributed by atoms with Gasteiger partial charge in [0.05, 0.1) is 12.4 Å². The summed E-state index contributed by atoms with van der Waals surface area (Å²) in [5.41, 5.74) is 4.85. The molecule has 0 aromatic heterocycles. The summed E-state index contributed by atoms with van der Waals surface area (Å²) in [7, 11) is -2.18. The number of benzene rings is 6. The van der Waals surface area contributed by atoms with Crippen LogP contribution >= 0.6 is 7.37 Å². The topological polar surface area (TPSA) is 97.4 Å². The van der Waals surface area contributed by atoms with Gasteiger partial charge in [0.2, 0.25) is 0 Å². The fourth-order valence-corrected chi connectivity index (χ4v) is 9.91. The third-order valence-corrected chi connectivity index (χ3v) is 13.3. The van der Waals surface area contributed by atoms with Gasteiger partial charge in [0.15, 0.2) is 0 Å². The van der Waals surface area contributed by atoms with Crippen LogP contribution in [0.5, 0.6) is 28.7 Å². The van der Waals surface area contributed by atoms with Crippen LogP contribution in [0.25, 0.3) is 11.1 Å². The molecule has 8 nitrogen and oxygen atoms in total. The van der Waals surface area contributed by atoms with Crippen LogP contribution in [0.15, 0.2) is 146 Å². The first-order valence-electron chi connectivity index (χ1n) is 17.5. The van der Waals surface area contributed by atoms with E-state index in [-0.39, 0.29) is 11.2 Å². The normalized spacial score (nSPS) is 15.7. The van der Waals surface area contributed by atoms with E-state index in [1.54, 1.807) is 67.8 Å². The van der Waals surface area contributed by atoms with Crippen LogP contribution in [0.3, 0.4) is 0 Å². The van der Waals surface area contributed by atoms with Gasteiger partial charge in [0.25, 0.3) is 7.37 Å². The highest BCUT2D eigenvalue weighted by Crippen LogP contribution is 2.69. The molecule has 0 saturated heterocycles. The highest BCUT2D eigenvalue weighted by molar-refractivity contribution is 7.69. The van der Waals surface area contributed by atoms with Gasteiger partial charge >= 0.3 is 12.1 Å². The molecule has 2 atom stereocenters. The standard InChI is InChI=1S/C45H39O8P/c1-30(46)50-36-26-18-33(19-27-36)45(4,54(48)42-13-9-7-11-40(42)39-10-6-8-12-41(39)53-54)34-20-28-38(29-21-34)52-43(47)51-37-24-16-32(17-25-37)44(2,3)31-14-22-35(49-5)23-15-31/h6-29H,1-5H3. The summed E-state index contributed by atoms with van der Waals surface area (Å²) in [4.78, 5) is 24.6. The quantitative estimate of drug-likeness (QED) is 0.0626. The van der Waals surface area contributed by atoms with Crippen LogP contribution in [-0.4, -0.2) is 19.2 Å². The molecule has 1 aliphatic rings. The van der Waals surface area contributed by atoms with Gasteiger partial charge in [-0.25, -0.2) is 4.79 Å². The van der Waals surface area contributed by atoms with E-state index in [1.165, 1.54) is 6.92 Å². The number of para-hydroxylation sites is 1. The Bertz CT molecular complexity index is 2370. The summed E-state index contributed by atoms with van der Waals surface area (Å²) >= 11 is 0. The number of ether oxygens (including phenoxy) is 4. The first-order chi connectivity index (χ1) is 25.9. The van der Waals surface area contributed by atoms with Crippen molar-refractivity contribution in [3.8, 4) is 39.9 Å². The van der Waals surface area contributed by atoms with Gasteiger partial charge in [-0.3, -0.25) is 9.36 Å². The van der Waals surface area contributed by atoms with Crippen molar-refractivity contribution in [2.75, 3.05) is 7.11 Å². The molecule has 0 bridgehead atoms. The zero-order valence-corrected chi connectivity index (χ0v) is 31.5. The highest BCUT2D eigenvalue weighted by atomic mass is 31.2. The van der Waals surface area contributed by atoms with E-state index in [2.05, 4.69) is 13.8 Å². The van der Waals surface area contributed by atoms with Gasteiger partial charge in [-0.1, -0.05) is 98.8 Å². The number of rotatable bonds is 9. The molecule has 6 aromatic rings. The van der Waals surface area contributed by atoms with E-state index < -0.39 is 24.6 Å². The minimum absolute atomic E-state index is 0.238. The molecule has 0 fully saturated rings. The third kappa shape index (κ3) is 6.65. The third-order valence-electron chi connectivity index (χ3n) is 10.1. The van der Waals surface area contributed by atoms with E-state index in [0.29, 0.717) is 33.7 Å². The van der Waals surface area contributed by atoms with Gasteiger partial charge in [-0.15, -0.1) is 0 Å². The van der Waals surface area contributed by atoms with Crippen molar-refractivity contribution in [3.05, 3.63) is 168 Å². The Morgan fingerprint density at radius 3 is 1.46 bits per heavy atom. The van der Waals surface area contributed by atoms with E-state index >= 15 is 4.57 Å². The van der Waals surface area contributed by atoms with Crippen LogP contribution in [0, 0.1) is 0 Å². The number of carbonyl (C=O) groups is 2. The summed E-state index contributed by atoms with van der Waals surface area (Å²) in [5.74, 6) is 1.80. The SMILES string of the molecule is COc1ccc(C(C)(C)c2ccc(OC(=O)Oc3ccc(C(C)(c4ccc(OC(C)=O)cc4)P4(=O)Oc5ccccc5-c5ccccc54)cc3)cc2)cc1. The zero-order valence-electron chi connectivity index (χ0n) is 30.6. The Morgan fingerprint density at radius 1 is 0.537 bits per heavy atom. The van der Waals surface area contributed by atoms with Crippen molar-refractivity contribution in [1.82, 2.24) is 0 Å². The molecule has 0 spiro atoms. The number of esters is 1. The second kappa shape index (κ2) is 14.4. The fourth-order valence-electron chi connectivity index (χ4n) is 6.94. The number of carbonyl (C=O) groups excluding carboxylic acids is 2. The highest BCUT2D eigenvalue weighted by Gasteiger charge is 2.53. The van der Waals surface area contributed by atoms with E-state index in [1.807, 2.05) is 91.9 Å². The molecule has 0 N–H and O–H groups in total. The Hall–Kier alpha value is -6.11. The van der Waals surface area contributed by atoms with Crippen LogP contribution in [0.2, 0.25) is 0 Å². The van der Waals surface area contributed by atoms with Crippen molar-refractivity contribution in [1.29, 1.82) is 0 Å². The van der Waals surface area contributed by atoms with Gasteiger partial charge in [0.1, 0.15) is 33.9 Å². The van der Waals surface area contributed by atoms with Crippen molar-refractivity contribution >= 4 is 24.8 Å². The van der Waals surface area contributed by atoms with E-state index in [4.69, 9.17) is 23.5 Å². The van der Waals surface area contributed by atoms with E-state index in [9.17, 15) is 9.59 Å². The lowest BCUT2D eigenvalue weighted by molar-refractivity contribution is -0.131. The molecule has 54 heavy (non-hydrogen) atoms. The predicted molar refractivity (Wildman–Crippen MR) is 209 cm³/mol. The molecular formula is C45H39O8P. The molecular weight excluding hydrogens is 699 g/mol. The van der Waals surface area contributed by atoms with E-state index in [0.717, 1.165) is 28.0 Å². The molecule has 0 radical (unpaired) electrons. The Morgan fingerprint density at radius 2 is 0.963 bits per heavy atom. The van der Waals surface area contributed by atoms with Crippen LogP contribution in [-0.2, 0) is 19.9 Å². The summed E-state index contributed by atoms with van der Waals surface area (Å²) in [5, 5.41) is -0.663. The number of hydrogen-bond acceptors (Lipinski definition) is 8. The van der Waals surface area contributed by atoms with Crippen LogP contribution in [0.1, 0.15) is 49.9 Å². The molecule has 0 aliphatic carbocycles. The fraction of sp³-hybridized carbons (Fsp3) is 0.156. The average Bonchev–Trinajstić information content (AvgIpc) is 3.18. The molecule has 0 saturated carbocycles. The number of methoxy groups -OCH3 is 1. The first-order valence-corrected chi connectivity index (χ1v) is 19.1. The lowest BCUT2D eigenvalue weighted by Gasteiger charge is -2.41. The lowest BCUT2D eigenvalue weighted by Crippen LogP contribution is -2.34. The maximum atomic E-state index is 15.7. The smallest absolute Gasteiger partial charge is 0.497 e. The summed E-state index contributed by atoms with van der Waals surface area (Å²) in [6.45, 7) is 7.46. The average molecular weight is 739 g/mol. The zero-order chi connectivity index (χ0) is 38.1. The van der Waals surface area contributed by atoms with Gasteiger partial charge in [-0.05, 0) is 95.4 Å². The Labute approximate surface area is 314 Å². The van der Waals surface area contributed by atoms with Crippen LogP contribution < -0.4 is 28.8 Å². The molecule has 272 valence electrons. The van der Waals surface area contributed by atoms with Crippen molar-refractivity contribution in [2.24, 2.45) is 0 Å². The predicted octanol–water partition coefficient (Wildman–Crippen LogP) is 10.5. The largest absolute Gasteiger partial charge is 0.519 e. The molecule has 9 heteroatoms. The van der Waals surface area contributed by atoms with Gasteiger partial charge in [-0.2, -0.15) is 0 Å². The minimum atomic E-state index is -3.82. The second-order valence-electron chi connectivity index (χ2n) is 13.7. The monoisotopic (exact) mass is 738 g/mol. The summed E-state index contributed by atoms with van der Waals surface area (Å²) in [6, 6.07) is 44.1.